The largest absolute Gasteiger partial charge is 0.475 e. The first-order valence-corrected chi connectivity index (χ1v) is 14.2. The number of hydrogen-bond acceptors (Lipinski definition) is 8. The SMILES string of the molecule is C=CCOP(=O)(OCCNC(=O)OC(C)(C)C)OCC(COCC[C@H](C)CCCCCCC)N=[N+]=[N-]. The van der Waals surface area contributed by atoms with Crippen molar-refractivity contribution in [3.8, 4) is 0 Å². The molecular weight excluding hydrogens is 487 g/mol. The van der Waals surface area contributed by atoms with Crippen LogP contribution in [0.1, 0.15) is 79.6 Å². The van der Waals surface area contributed by atoms with E-state index in [2.05, 4.69) is 35.8 Å². The van der Waals surface area contributed by atoms with Crippen molar-refractivity contribution in [2.24, 2.45) is 11.0 Å². The maximum atomic E-state index is 12.9. The van der Waals surface area contributed by atoms with Crippen LogP contribution in [0.2, 0.25) is 0 Å². The average molecular weight is 535 g/mol. The molecule has 0 aliphatic heterocycles. The van der Waals surface area contributed by atoms with Gasteiger partial charge in [0.1, 0.15) is 5.60 Å². The maximum absolute atomic E-state index is 12.9. The standard InChI is InChI=1S/C24H47N4O7P/c1-7-9-10-11-12-13-21(3)14-17-31-19-22(27-28-25)20-34-36(30,32-16-8-2)33-18-15-26-23(29)35-24(4,5)6/h8,21-22H,2,7,9-20H2,1,3-6H3,(H,26,29)/t21-,22?,36?/m1/s1. The van der Waals surface area contributed by atoms with Crippen molar-refractivity contribution in [1.29, 1.82) is 0 Å². The van der Waals surface area contributed by atoms with E-state index in [4.69, 9.17) is 28.6 Å². The highest BCUT2D eigenvalue weighted by Crippen LogP contribution is 2.49. The second-order valence-corrected chi connectivity index (χ2v) is 11.3. The Bertz CT molecular complexity index is 696. The molecule has 36 heavy (non-hydrogen) atoms. The van der Waals surface area contributed by atoms with Gasteiger partial charge in [0, 0.05) is 18.1 Å². The predicted octanol–water partition coefficient (Wildman–Crippen LogP) is 6.94. The van der Waals surface area contributed by atoms with Crippen LogP contribution in [0.15, 0.2) is 17.8 Å². The molecule has 11 nitrogen and oxygen atoms in total. The zero-order valence-corrected chi connectivity index (χ0v) is 23.7. The van der Waals surface area contributed by atoms with Crippen LogP contribution in [0.25, 0.3) is 10.4 Å². The molecule has 0 aromatic rings. The first kappa shape index (κ1) is 34.4. The summed E-state index contributed by atoms with van der Waals surface area (Å²) >= 11 is 0. The molecule has 0 fully saturated rings. The average Bonchev–Trinajstić information content (AvgIpc) is 2.80. The van der Waals surface area contributed by atoms with E-state index in [1.54, 1.807) is 20.8 Å². The quantitative estimate of drug-likeness (QED) is 0.0396. The lowest BCUT2D eigenvalue weighted by atomic mass is 9.99. The van der Waals surface area contributed by atoms with Gasteiger partial charge in [0.15, 0.2) is 0 Å². The third-order valence-electron chi connectivity index (χ3n) is 4.88. The number of nitrogens with one attached hydrogen (secondary N) is 1. The van der Waals surface area contributed by atoms with Gasteiger partial charge in [-0.3, -0.25) is 13.6 Å². The topological polar surface area (TPSA) is 141 Å². The van der Waals surface area contributed by atoms with Crippen LogP contribution < -0.4 is 5.32 Å². The second kappa shape index (κ2) is 20.4. The lowest BCUT2D eigenvalue weighted by molar-refractivity contribution is 0.0503. The highest BCUT2D eigenvalue weighted by atomic mass is 31.2. The molecule has 0 saturated carbocycles. The predicted molar refractivity (Wildman–Crippen MR) is 141 cm³/mol. The van der Waals surface area contributed by atoms with Crippen LogP contribution in [-0.4, -0.2) is 57.3 Å². The minimum absolute atomic E-state index is 0.0272. The number of azide groups is 1. The Morgan fingerprint density at radius 3 is 2.47 bits per heavy atom. The van der Waals surface area contributed by atoms with E-state index < -0.39 is 25.6 Å². The van der Waals surface area contributed by atoms with Crippen molar-refractivity contribution in [2.45, 2.75) is 91.2 Å². The lowest BCUT2D eigenvalue weighted by Gasteiger charge is -2.21. The van der Waals surface area contributed by atoms with Crippen molar-refractivity contribution in [1.82, 2.24) is 5.32 Å². The molecule has 0 bridgehead atoms. The molecule has 0 saturated heterocycles. The molecule has 3 atom stereocenters. The molecule has 0 spiro atoms. The number of hydrogen-bond donors (Lipinski definition) is 1. The molecule has 0 aliphatic carbocycles. The highest BCUT2D eigenvalue weighted by molar-refractivity contribution is 7.48. The van der Waals surface area contributed by atoms with E-state index in [0.717, 1.165) is 6.42 Å². The number of rotatable bonds is 22. The van der Waals surface area contributed by atoms with Gasteiger partial charge in [0.05, 0.1) is 32.5 Å². The van der Waals surface area contributed by atoms with Gasteiger partial charge in [-0.25, -0.2) is 9.36 Å². The number of nitrogens with zero attached hydrogens (tertiary/aromatic N) is 3. The number of carbonyl (C=O) groups is 1. The Morgan fingerprint density at radius 2 is 1.83 bits per heavy atom. The molecule has 0 heterocycles. The molecule has 12 heteroatoms. The number of phosphoric acid groups is 1. The van der Waals surface area contributed by atoms with E-state index in [0.29, 0.717) is 12.5 Å². The number of carbonyl (C=O) groups excluding carboxylic acids is 1. The van der Waals surface area contributed by atoms with Crippen molar-refractivity contribution in [3.05, 3.63) is 23.1 Å². The van der Waals surface area contributed by atoms with E-state index in [9.17, 15) is 9.36 Å². The first-order valence-electron chi connectivity index (χ1n) is 12.8. The van der Waals surface area contributed by atoms with Gasteiger partial charge in [-0.1, -0.05) is 63.6 Å². The van der Waals surface area contributed by atoms with Crippen molar-refractivity contribution < 1.29 is 32.4 Å². The molecule has 1 N–H and O–H groups in total. The molecular formula is C24H47N4O7P. The number of unbranched alkanes of at least 4 members (excludes halogenated alkanes) is 4. The van der Waals surface area contributed by atoms with Crippen LogP contribution in [0.3, 0.4) is 0 Å². The summed E-state index contributed by atoms with van der Waals surface area (Å²) in [4.78, 5) is 14.5. The molecule has 0 rings (SSSR count). The molecule has 0 aromatic carbocycles. The van der Waals surface area contributed by atoms with Gasteiger partial charge in [-0.2, -0.15) is 0 Å². The minimum atomic E-state index is -3.99. The smallest absolute Gasteiger partial charge is 0.444 e. The summed E-state index contributed by atoms with van der Waals surface area (Å²) in [6, 6.07) is -0.705. The van der Waals surface area contributed by atoms with Crippen LogP contribution in [0.4, 0.5) is 4.79 Å². The Labute approximate surface area is 216 Å². The van der Waals surface area contributed by atoms with Gasteiger partial charge in [-0.15, -0.1) is 6.58 Å². The first-order chi connectivity index (χ1) is 17.0. The van der Waals surface area contributed by atoms with E-state index in [1.165, 1.54) is 44.6 Å². The number of phosphoric ester groups is 1. The minimum Gasteiger partial charge on any atom is -0.444 e. The normalized spacial score (nSPS) is 14.8. The van der Waals surface area contributed by atoms with E-state index in [-0.39, 0.29) is 33.0 Å². The zero-order valence-electron chi connectivity index (χ0n) is 22.8. The number of amides is 1. The maximum Gasteiger partial charge on any atom is 0.475 e. The summed E-state index contributed by atoms with van der Waals surface area (Å²) in [7, 11) is -3.99. The van der Waals surface area contributed by atoms with E-state index in [1.807, 2.05) is 0 Å². The van der Waals surface area contributed by atoms with Crippen molar-refractivity contribution >= 4 is 13.9 Å². The summed E-state index contributed by atoms with van der Waals surface area (Å²) in [5, 5.41) is 6.15. The lowest BCUT2D eigenvalue weighted by Crippen LogP contribution is -2.34. The Morgan fingerprint density at radius 1 is 1.11 bits per heavy atom. The van der Waals surface area contributed by atoms with Gasteiger partial charge >= 0.3 is 13.9 Å². The van der Waals surface area contributed by atoms with Crippen LogP contribution in [-0.2, 0) is 27.6 Å². The van der Waals surface area contributed by atoms with Gasteiger partial charge in [-0.05, 0) is 38.6 Å². The molecule has 210 valence electrons. The zero-order chi connectivity index (χ0) is 27.3. The number of ether oxygens (including phenoxy) is 2. The molecule has 0 aromatic heterocycles. The summed E-state index contributed by atoms with van der Waals surface area (Å²) in [5.41, 5.74) is 8.23. The van der Waals surface area contributed by atoms with Crippen LogP contribution in [0, 0.1) is 5.92 Å². The fourth-order valence-corrected chi connectivity index (χ4v) is 4.17. The third kappa shape index (κ3) is 20.6. The Kier molecular flexibility index (Phi) is 19.5. The van der Waals surface area contributed by atoms with Crippen LogP contribution >= 0.6 is 7.82 Å². The second-order valence-electron chi connectivity index (χ2n) is 9.62. The summed E-state index contributed by atoms with van der Waals surface area (Å²) in [6.07, 6.45) is 9.17. The summed E-state index contributed by atoms with van der Waals surface area (Å²) < 4.78 is 39.5. The molecule has 2 unspecified atom stereocenters. The fraction of sp³-hybridized carbons (Fsp3) is 0.875. The molecule has 0 aliphatic rings. The molecule has 0 radical (unpaired) electrons. The fourth-order valence-electron chi connectivity index (χ4n) is 2.99. The summed E-state index contributed by atoms with van der Waals surface area (Å²) in [6.45, 7) is 13.4. The van der Waals surface area contributed by atoms with E-state index >= 15 is 0 Å². The molecule has 1 amide bonds. The Balaban J connectivity index is 4.47. The Hall–Kier alpha value is -1.61. The third-order valence-corrected chi connectivity index (χ3v) is 6.31. The van der Waals surface area contributed by atoms with Crippen molar-refractivity contribution in [2.75, 3.05) is 39.6 Å². The summed E-state index contributed by atoms with van der Waals surface area (Å²) in [5.74, 6) is 0.552. The van der Waals surface area contributed by atoms with Gasteiger partial charge in [0.2, 0.25) is 0 Å². The van der Waals surface area contributed by atoms with Gasteiger partial charge in [0.25, 0.3) is 0 Å². The number of alkyl carbamates (subject to hydrolysis) is 1. The van der Waals surface area contributed by atoms with Crippen LogP contribution in [0.5, 0.6) is 0 Å². The van der Waals surface area contributed by atoms with Gasteiger partial charge < -0.3 is 14.8 Å². The highest BCUT2D eigenvalue weighted by Gasteiger charge is 2.28. The monoisotopic (exact) mass is 534 g/mol. The van der Waals surface area contributed by atoms with Crippen molar-refractivity contribution in [3.63, 3.8) is 0 Å².